The summed E-state index contributed by atoms with van der Waals surface area (Å²) >= 11 is 1.62. The number of nitrogens with two attached hydrogens (primary N) is 1. The van der Waals surface area contributed by atoms with Crippen LogP contribution in [-0.2, 0) is 15.1 Å². The fraction of sp³-hybridized carbons (Fsp3) is 0.560. The summed E-state index contributed by atoms with van der Waals surface area (Å²) in [5.41, 5.74) is 10.4. The van der Waals surface area contributed by atoms with E-state index in [2.05, 4.69) is 34.6 Å². The number of carbonyl (C=O) groups is 2. The predicted octanol–water partition coefficient (Wildman–Crippen LogP) is 2.95. The van der Waals surface area contributed by atoms with Crippen LogP contribution in [0.2, 0.25) is 0 Å². The highest BCUT2D eigenvalue weighted by Crippen LogP contribution is 2.42. The minimum atomic E-state index is -0.737. The minimum Gasteiger partial charge on any atom is -0.391 e. The molecular weight excluding hydrogens is 436 g/mol. The van der Waals surface area contributed by atoms with E-state index in [4.69, 9.17) is 5.73 Å². The van der Waals surface area contributed by atoms with E-state index in [1.54, 1.807) is 11.3 Å². The van der Waals surface area contributed by atoms with Gasteiger partial charge in [0.2, 0.25) is 11.8 Å². The van der Waals surface area contributed by atoms with Crippen molar-refractivity contribution in [1.82, 2.24) is 15.2 Å². The highest BCUT2D eigenvalue weighted by molar-refractivity contribution is 7.13. The van der Waals surface area contributed by atoms with Crippen LogP contribution >= 0.6 is 11.3 Å². The van der Waals surface area contributed by atoms with E-state index in [1.807, 2.05) is 33.2 Å². The quantitative estimate of drug-likeness (QED) is 0.623. The number of amides is 2. The third-order valence-electron chi connectivity index (χ3n) is 7.08. The fourth-order valence-corrected chi connectivity index (χ4v) is 5.52. The molecular formula is C25H34N4O3S. The maximum absolute atomic E-state index is 13.4. The second-order valence-corrected chi connectivity index (χ2v) is 11.4. The van der Waals surface area contributed by atoms with E-state index in [-0.39, 0.29) is 24.8 Å². The van der Waals surface area contributed by atoms with E-state index in [1.165, 1.54) is 4.90 Å². The van der Waals surface area contributed by atoms with Crippen LogP contribution in [0.5, 0.6) is 0 Å². The number of rotatable bonds is 5. The molecule has 33 heavy (non-hydrogen) atoms. The first-order chi connectivity index (χ1) is 15.5. The Hall–Kier alpha value is -2.29. The van der Waals surface area contributed by atoms with Crippen LogP contribution in [-0.4, -0.2) is 51.5 Å². The second kappa shape index (κ2) is 8.81. The molecule has 2 aliphatic rings. The number of aryl methyl sites for hydroxylation is 1. The summed E-state index contributed by atoms with van der Waals surface area (Å²) in [4.78, 5) is 33.4. The number of hydrogen-bond donors (Lipinski definition) is 3. The van der Waals surface area contributed by atoms with Crippen LogP contribution in [0.1, 0.15) is 57.7 Å². The first-order valence-electron chi connectivity index (χ1n) is 11.6. The van der Waals surface area contributed by atoms with Crippen molar-refractivity contribution < 1.29 is 14.7 Å². The Labute approximate surface area is 199 Å². The number of aliphatic hydroxyl groups excluding tert-OH is 1. The highest BCUT2D eigenvalue weighted by Gasteiger charge is 2.46. The van der Waals surface area contributed by atoms with Crippen LogP contribution in [0.4, 0.5) is 0 Å². The largest absolute Gasteiger partial charge is 0.391 e. The molecule has 4 rings (SSSR count). The number of hydrogen-bond acceptors (Lipinski definition) is 6. The summed E-state index contributed by atoms with van der Waals surface area (Å²) in [7, 11) is 0. The van der Waals surface area contributed by atoms with Gasteiger partial charge in [0.15, 0.2) is 0 Å². The van der Waals surface area contributed by atoms with Gasteiger partial charge in [-0.2, -0.15) is 0 Å². The van der Waals surface area contributed by atoms with Gasteiger partial charge < -0.3 is 21.1 Å². The Kier molecular flexibility index (Phi) is 6.37. The molecule has 1 saturated carbocycles. The zero-order valence-corrected chi connectivity index (χ0v) is 20.6. The van der Waals surface area contributed by atoms with Crippen molar-refractivity contribution in [2.45, 2.75) is 77.1 Å². The van der Waals surface area contributed by atoms with Crippen molar-refractivity contribution in [2.24, 2.45) is 11.1 Å². The normalized spacial score (nSPS) is 23.2. The zero-order valence-electron chi connectivity index (χ0n) is 19.8. The number of aliphatic hydroxyl groups is 1. The lowest BCUT2D eigenvalue weighted by Gasteiger charge is -2.44. The maximum atomic E-state index is 13.4. The van der Waals surface area contributed by atoms with Crippen molar-refractivity contribution in [1.29, 1.82) is 0 Å². The lowest BCUT2D eigenvalue weighted by atomic mass is 9.71. The summed E-state index contributed by atoms with van der Waals surface area (Å²) in [5, 5.41) is 13.5. The summed E-state index contributed by atoms with van der Waals surface area (Å²) in [5.74, 6) is -0.505. The molecule has 1 aliphatic carbocycles. The van der Waals surface area contributed by atoms with E-state index in [0.29, 0.717) is 0 Å². The molecule has 1 aromatic carbocycles. The van der Waals surface area contributed by atoms with Crippen LogP contribution in [0.3, 0.4) is 0 Å². The van der Waals surface area contributed by atoms with Gasteiger partial charge in [0, 0.05) is 13.0 Å². The molecule has 8 heteroatoms. The van der Waals surface area contributed by atoms with Crippen molar-refractivity contribution in [3.8, 4) is 10.4 Å². The highest BCUT2D eigenvalue weighted by atomic mass is 32.1. The summed E-state index contributed by atoms with van der Waals surface area (Å²) in [6.07, 6.45) is 2.23. The molecule has 1 aromatic heterocycles. The second-order valence-electron chi connectivity index (χ2n) is 10.5. The smallest absolute Gasteiger partial charge is 0.243 e. The van der Waals surface area contributed by atoms with Crippen LogP contribution in [0.25, 0.3) is 10.4 Å². The van der Waals surface area contributed by atoms with E-state index >= 15 is 0 Å². The summed E-state index contributed by atoms with van der Waals surface area (Å²) in [6, 6.07) is 6.88. The van der Waals surface area contributed by atoms with Gasteiger partial charge in [-0.05, 0) is 42.7 Å². The molecule has 178 valence electrons. The van der Waals surface area contributed by atoms with Crippen molar-refractivity contribution >= 4 is 23.2 Å². The first kappa shape index (κ1) is 23.9. The van der Waals surface area contributed by atoms with Gasteiger partial charge in [-0.15, -0.1) is 11.3 Å². The molecule has 3 atom stereocenters. The van der Waals surface area contributed by atoms with Gasteiger partial charge in [-0.1, -0.05) is 45.0 Å². The summed E-state index contributed by atoms with van der Waals surface area (Å²) < 4.78 is 0. The van der Waals surface area contributed by atoms with Gasteiger partial charge in [-0.25, -0.2) is 4.98 Å². The monoisotopic (exact) mass is 470 g/mol. The molecule has 0 spiro atoms. The summed E-state index contributed by atoms with van der Waals surface area (Å²) in [6.45, 7) is 7.84. The van der Waals surface area contributed by atoms with Gasteiger partial charge >= 0.3 is 0 Å². The lowest BCUT2D eigenvalue weighted by molar-refractivity contribution is -0.142. The molecule has 7 nitrogen and oxygen atoms in total. The van der Waals surface area contributed by atoms with Gasteiger partial charge in [-0.3, -0.25) is 9.59 Å². The average molecular weight is 471 g/mol. The molecule has 4 N–H and O–H groups in total. The molecule has 0 radical (unpaired) electrons. The number of likely N-dealkylation sites (tertiary alicyclic amines) is 1. The predicted molar refractivity (Wildman–Crippen MR) is 130 cm³/mol. The topological polar surface area (TPSA) is 109 Å². The van der Waals surface area contributed by atoms with Gasteiger partial charge in [0.1, 0.15) is 6.04 Å². The number of carbonyl (C=O) groups excluding carboxylic acids is 2. The van der Waals surface area contributed by atoms with Crippen LogP contribution in [0, 0.1) is 12.3 Å². The molecule has 1 saturated heterocycles. The zero-order chi connectivity index (χ0) is 24.0. The maximum Gasteiger partial charge on any atom is 0.243 e. The Balaban J connectivity index is 1.52. The fourth-order valence-electron chi connectivity index (χ4n) is 4.71. The Morgan fingerprint density at radius 1 is 1.27 bits per heavy atom. The molecule has 2 fully saturated rings. The molecule has 2 aromatic rings. The number of nitrogens with zero attached hydrogens (tertiary/aromatic N) is 2. The number of thiazole rings is 1. The molecule has 1 aliphatic heterocycles. The van der Waals surface area contributed by atoms with E-state index in [9.17, 15) is 14.7 Å². The SMILES string of the molecule is Cc1ncsc1-c1ccc(C2(NC(=O)[C@@H]3C[C@@H](O)CN3C(=O)[C@@H](N)C(C)(C)C)CCC2)cc1. The van der Waals surface area contributed by atoms with Gasteiger partial charge in [0.05, 0.1) is 33.8 Å². The third-order valence-corrected chi connectivity index (χ3v) is 8.06. The van der Waals surface area contributed by atoms with E-state index < -0.39 is 29.1 Å². The average Bonchev–Trinajstić information content (AvgIpc) is 3.34. The standard InChI is InChI=1S/C25H34N4O3S/c1-15-20(33-14-27-15)16-6-8-17(9-7-16)25(10-5-11-25)28-22(31)19-12-18(30)13-29(19)23(32)21(26)24(2,3)4/h6-9,14,18-19,21,30H,5,10-13,26H2,1-4H3,(H,28,31)/t18-,19+,21-/m1/s1. The number of benzene rings is 1. The Morgan fingerprint density at radius 2 is 1.94 bits per heavy atom. The number of nitrogens with one attached hydrogen (secondary N) is 1. The van der Waals surface area contributed by atoms with E-state index in [0.717, 1.165) is 41.0 Å². The lowest BCUT2D eigenvalue weighted by Crippen LogP contribution is -2.58. The van der Waals surface area contributed by atoms with Crippen molar-refractivity contribution in [3.63, 3.8) is 0 Å². The number of β-amino-alcohol motifs (C(OH)–C–C–N with tert-alkyl or cyclic N) is 1. The third kappa shape index (κ3) is 4.56. The molecule has 2 heterocycles. The minimum absolute atomic E-state index is 0.136. The molecule has 0 unspecified atom stereocenters. The number of aromatic nitrogens is 1. The van der Waals surface area contributed by atoms with Crippen LogP contribution < -0.4 is 11.1 Å². The molecule has 2 amide bonds. The van der Waals surface area contributed by atoms with Gasteiger partial charge in [0.25, 0.3) is 0 Å². The Bertz CT molecular complexity index is 1020. The van der Waals surface area contributed by atoms with Crippen LogP contribution in [0.15, 0.2) is 29.8 Å². The van der Waals surface area contributed by atoms with Crippen molar-refractivity contribution in [2.75, 3.05) is 6.54 Å². The van der Waals surface area contributed by atoms with Crippen molar-refractivity contribution in [3.05, 3.63) is 41.0 Å². The Morgan fingerprint density at radius 3 is 2.45 bits per heavy atom. The molecule has 0 bridgehead atoms. The first-order valence-corrected chi connectivity index (χ1v) is 12.5.